The lowest BCUT2D eigenvalue weighted by atomic mass is 10.3. The first-order chi connectivity index (χ1) is 7.49. The van der Waals surface area contributed by atoms with Crippen molar-refractivity contribution in [1.82, 2.24) is 5.32 Å². The molecule has 0 aliphatic carbocycles. The van der Waals surface area contributed by atoms with Crippen LogP contribution in [0, 0.1) is 0 Å². The molecule has 0 heterocycles. The summed E-state index contributed by atoms with van der Waals surface area (Å²) < 4.78 is 28.3. The minimum Gasteiger partial charge on any atom is -0.497 e. The Morgan fingerprint density at radius 1 is 1.31 bits per heavy atom. The van der Waals surface area contributed by atoms with Crippen LogP contribution in [0.25, 0.3) is 0 Å². The van der Waals surface area contributed by atoms with Crippen LogP contribution in [0.15, 0.2) is 29.2 Å². The van der Waals surface area contributed by atoms with Crippen LogP contribution in [-0.4, -0.2) is 34.2 Å². The van der Waals surface area contributed by atoms with Gasteiger partial charge in [0.25, 0.3) is 0 Å². The molecule has 0 bridgehead atoms. The van der Waals surface area contributed by atoms with Crippen LogP contribution >= 0.6 is 0 Å². The summed E-state index contributed by atoms with van der Waals surface area (Å²) in [6, 6.07) is 5.90. The maximum absolute atomic E-state index is 11.7. The highest BCUT2D eigenvalue weighted by molar-refractivity contribution is 7.92. The van der Waals surface area contributed by atoms with E-state index in [0.717, 1.165) is 0 Å². The van der Waals surface area contributed by atoms with Crippen LogP contribution in [0.1, 0.15) is 0 Å². The Kier molecular flexibility index (Phi) is 3.89. The van der Waals surface area contributed by atoms with Crippen molar-refractivity contribution in [2.24, 2.45) is 0 Å². The van der Waals surface area contributed by atoms with Gasteiger partial charge in [0, 0.05) is 7.05 Å². The highest BCUT2D eigenvalue weighted by Crippen LogP contribution is 2.16. The summed E-state index contributed by atoms with van der Waals surface area (Å²) >= 11 is 0. The number of sulfone groups is 1. The third-order valence-electron chi connectivity index (χ3n) is 2.02. The third-order valence-corrected chi connectivity index (χ3v) is 3.65. The van der Waals surface area contributed by atoms with Gasteiger partial charge in [-0.2, -0.15) is 0 Å². The fraction of sp³-hybridized carbons (Fsp3) is 0.300. The molecule has 0 radical (unpaired) electrons. The number of nitrogens with one attached hydrogen (secondary N) is 1. The molecule has 1 aromatic rings. The first-order valence-corrected chi connectivity index (χ1v) is 6.22. The molecular formula is C10H13NO4S. The molecule has 88 valence electrons. The summed E-state index contributed by atoms with van der Waals surface area (Å²) in [7, 11) is -0.675. The van der Waals surface area contributed by atoms with Gasteiger partial charge in [-0.25, -0.2) is 8.42 Å². The summed E-state index contributed by atoms with van der Waals surface area (Å²) in [6.07, 6.45) is 0. The number of hydrogen-bond donors (Lipinski definition) is 1. The summed E-state index contributed by atoms with van der Waals surface area (Å²) in [5.74, 6) is -0.509. The standard InChI is InChI=1S/C10H13NO4S/c1-11-10(12)7-16(13,14)9-5-3-8(15-2)4-6-9/h3-6H,7H2,1-2H3,(H,11,12). The number of hydrogen-bond acceptors (Lipinski definition) is 4. The molecule has 1 rings (SSSR count). The van der Waals surface area contributed by atoms with Crippen LogP contribution in [0.5, 0.6) is 5.75 Å². The predicted octanol–water partition coefficient (Wildman–Crippen LogP) is 0.215. The van der Waals surface area contributed by atoms with E-state index < -0.39 is 21.5 Å². The van der Waals surface area contributed by atoms with Crippen molar-refractivity contribution in [3.63, 3.8) is 0 Å². The largest absolute Gasteiger partial charge is 0.497 e. The molecule has 1 amide bonds. The Bertz CT molecular complexity index is 464. The smallest absolute Gasteiger partial charge is 0.235 e. The Morgan fingerprint density at radius 2 is 1.88 bits per heavy atom. The highest BCUT2D eigenvalue weighted by Gasteiger charge is 2.18. The predicted molar refractivity (Wildman–Crippen MR) is 59.1 cm³/mol. The second-order valence-electron chi connectivity index (χ2n) is 3.11. The maximum atomic E-state index is 11.7. The van der Waals surface area contributed by atoms with Gasteiger partial charge in [-0.3, -0.25) is 4.79 Å². The van der Waals surface area contributed by atoms with Crippen LogP contribution in [0.3, 0.4) is 0 Å². The minimum atomic E-state index is -3.56. The van der Waals surface area contributed by atoms with E-state index in [0.29, 0.717) is 5.75 Å². The van der Waals surface area contributed by atoms with Gasteiger partial charge < -0.3 is 10.1 Å². The fourth-order valence-corrected chi connectivity index (χ4v) is 2.32. The average Bonchev–Trinajstić information content (AvgIpc) is 2.28. The number of amides is 1. The molecule has 0 atom stereocenters. The molecule has 0 saturated carbocycles. The molecule has 0 aliphatic heterocycles. The first-order valence-electron chi connectivity index (χ1n) is 4.57. The number of rotatable bonds is 4. The summed E-state index contributed by atoms with van der Waals surface area (Å²) in [4.78, 5) is 11.1. The van der Waals surface area contributed by atoms with E-state index in [2.05, 4.69) is 5.32 Å². The van der Waals surface area contributed by atoms with Gasteiger partial charge in [0.05, 0.1) is 12.0 Å². The number of ether oxygens (including phenoxy) is 1. The molecule has 6 heteroatoms. The van der Waals surface area contributed by atoms with Crippen LogP contribution in [0.2, 0.25) is 0 Å². The van der Waals surface area contributed by atoms with Crippen molar-refractivity contribution in [3.05, 3.63) is 24.3 Å². The van der Waals surface area contributed by atoms with Crippen molar-refractivity contribution >= 4 is 15.7 Å². The van der Waals surface area contributed by atoms with E-state index in [9.17, 15) is 13.2 Å². The molecule has 0 spiro atoms. The highest BCUT2D eigenvalue weighted by atomic mass is 32.2. The monoisotopic (exact) mass is 243 g/mol. The van der Waals surface area contributed by atoms with Gasteiger partial charge in [0.15, 0.2) is 9.84 Å². The summed E-state index contributed by atoms with van der Waals surface area (Å²) in [6.45, 7) is 0. The van der Waals surface area contributed by atoms with Crippen molar-refractivity contribution in [1.29, 1.82) is 0 Å². The fourth-order valence-electron chi connectivity index (χ4n) is 1.11. The molecule has 0 unspecified atom stereocenters. The van der Waals surface area contributed by atoms with Gasteiger partial charge in [-0.15, -0.1) is 0 Å². The van der Waals surface area contributed by atoms with E-state index in [1.54, 1.807) is 0 Å². The lowest BCUT2D eigenvalue weighted by Gasteiger charge is -2.04. The molecule has 0 fully saturated rings. The topological polar surface area (TPSA) is 72.5 Å². The molecule has 1 N–H and O–H groups in total. The molecule has 1 aromatic carbocycles. The van der Waals surface area contributed by atoms with Crippen molar-refractivity contribution in [3.8, 4) is 5.75 Å². The molecule has 0 saturated heterocycles. The Balaban J connectivity index is 2.94. The van der Waals surface area contributed by atoms with Gasteiger partial charge in [0.1, 0.15) is 11.5 Å². The van der Waals surface area contributed by atoms with E-state index in [-0.39, 0.29) is 4.90 Å². The minimum absolute atomic E-state index is 0.108. The van der Waals surface area contributed by atoms with Crippen molar-refractivity contribution < 1.29 is 17.9 Å². The Morgan fingerprint density at radius 3 is 2.31 bits per heavy atom. The molecule has 16 heavy (non-hydrogen) atoms. The maximum Gasteiger partial charge on any atom is 0.235 e. The van der Waals surface area contributed by atoms with Crippen LogP contribution < -0.4 is 10.1 Å². The summed E-state index contributed by atoms with van der Waals surface area (Å²) in [5, 5.41) is 2.27. The number of carbonyl (C=O) groups excluding carboxylic acids is 1. The number of benzene rings is 1. The lowest BCUT2D eigenvalue weighted by Crippen LogP contribution is -2.26. The third kappa shape index (κ3) is 2.96. The second kappa shape index (κ2) is 4.98. The lowest BCUT2D eigenvalue weighted by molar-refractivity contribution is -0.118. The van der Waals surface area contributed by atoms with Gasteiger partial charge >= 0.3 is 0 Å². The number of carbonyl (C=O) groups is 1. The van der Waals surface area contributed by atoms with Gasteiger partial charge in [-0.1, -0.05) is 0 Å². The van der Waals surface area contributed by atoms with E-state index >= 15 is 0 Å². The Labute approximate surface area is 94.3 Å². The van der Waals surface area contributed by atoms with Crippen molar-refractivity contribution in [2.45, 2.75) is 4.90 Å². The van der Waals surface area contributed by atoms with E-state index in [4.69, 9.17) is 4.74 Å². The van der Waals surface area contributed by atoms with Gasteiger partial charge in [0.2, 0.25) is 5.91 Å². The van der Waals surface area contributed by atoms with E-state index in [1.807, 2.05) is 0 Å². The van der Waals surface area contributed by atoms with Crippen molar-refractivity contribution in [2.75, 3.05) is 19.9 Å². The zero-order valence-corrected chi connectivity index (χ0v) is 9.87. The van der Waals surface area contributed by atoms with E-state index in [1.165, 1.54) is 38.4 Å². The molecule has 0 aromatic heterocycles. The van der Waals surface area contributed by atoms with Crippen LogP contribution in [0.4, 0.5) is 0 Å². The first kappa shape index (κ1) is 12.5. The average molecular weight is 243 g/mol. The Hall–Kier alpha value is -1.56. The quantitative estimate of drug-likeness (QED) is 0.820. The SMILES string of the molecule is CNC(=O)CS(=O)(=O)c1ccc(OC)cc1. The van der Waals surface area contributed by atoms with Crippen LogP contribution in [-0.2, 0) is 14.6 Å². The molecular weight excluding hydrogens is 230 g/mol. The van der Waals surface area contributed by atoms with Gasteiger partial charge in [-0.05, 0) is 24.3 Å². The molecule has 0 aliphatic rings. The zero-order chi connectivity index (χ0) is 12.2. The number of methoxy groups -OCH3 is 1. The molecule has 5 nitrogen and oxygen atoms in total. The summed E-state index contributed by atoms with van der Waals surface area (Å²) in [5.41, 5.74) is 0. The normalized spacial score (nSPS) is 10.9. The zero-order valence-electron chi connectivity index (χ0n) is 9.06. The second-order valence-corrected chi connectivity index (χ2v) is 5.10.